The average molecular weight is 372 g/mol. The van der Waals surface area contributed by atoms with Gasteiger partial charge in [-0.3, -0.25) is 4.79 Å². The number of anilines is 1. The first kappa shape index (κ1) is 17.5. The maximum Gasteiger partial charge on any atom is 0.349 e. The lowest BCUT2D eigenvalue weighted by Crippen LogP contribution is -2.21. The molecule has 6 nitrogen and oxygen atoms in total. The van der Waals surface area contributed by atoms with Crippen LogP contribution < -0.4 is 10.9 Å². The van der Waals surface area contributed by atoms with Gasteiger partial charge in [-0.05, 0) is 30.7 Å². The summed E-state index contributed by atoms with van der Waals surface area (Å²) in [6, 6.07) is 18.2. The number of rotatable bonds is 4. The average Bonchev–Trinajstić information content (AvgIpc) is 3.06. The summed E-state index contributed by atoms with van der Waals surface area (Å²) < 4.78 is 10.5. The van der Waals surface area contributed by atoms with E-state index in [4.69, 9.17) is 8.94 Å². The monoisotopic (exact) mass is 372 g/mol. The van der Waals surface area contributed by atoms with Crippen molar-refractivity contribution in [1.82, 2.24) is 5.16 Å². The summed E-state index contributed by atoms with van der Waals surface area (Å²) in [4.78, 5) is 24.9. The predicted molar refractivity (Wildman–Crippen MR) is 107 cm³/mol. The van der Waals surface area contributed by atoms with E-state index in [0.717, 1.165) is 5.56 Å². The largest absolute Gasteiger partial charge is 0.422 e. The highest BCUT2D eigenvalue weighted by Gasteiger charge is 2.18. The number of benzene rings is 2. The Kier molecular flexibility index (Phi) is 4.60. The Balaban J connectivity index is 1.64. The number of para-hydroxylation sites is 1. The number of hydrogen-bond donors (Lipinski definition) is 1. The third kappa shape index (κ3) is 3.48. The van der Waals surface area contributed by atoms with Gasteiger partial charge in [0, 0.05) is 5.39 Å². The number of hydrogen-bond acceptors (Lipinski definition) is 5. The predicted octanol–water partition coefficient (Wildman–Crippen LogP) is 4.51. The fourth-order valence-corrected chi connectivity index (χ4v) is 2.79. The van der Waals surface area contributed by atoms with E-state index in [-0.39, 0.29) is 5.56 Å². The molecule has 138 valence electrons. The Morgan fingerprint density at radius 3 is 2.61 bits per heavy atom. The lowest BCUT2D eigenvalue weighted by atomic mass is 10.1. The normalized spacial score (nSPS) is 11.2. The summed E-state index contributed by atoms with van der Waals surface area (Å²) in [5.74, 6) is -0.194. The van der Waals surface area contributed by atoms with Crippen LogP contribution in [0.25, 0.3) is 23.1 Å². The van der Waals surface area contributed by atoms with Crippen LogP contribution in [0.5, 0.6) is 0 Å². The molecule has 28 heavy (non-hydrogen) atoms. The highest BCUT2D eigenvalue weighted by atomic mass is 16.5. The van der Waals surface area contributed by atoms with Crippen molar-refractivity contribution in [3.8, 4) is 0 Å². The molecule has 0 aliphatic carbocycles. The van der Waals surface area contributed by atoms with Crippen LogP contribution in [0, 0.1) is 6.92 Å². The number of amides is 1. The minimum Gasteiger partial charge on any atom is -0.422 e. The molecule has 6 heteroatoms. The minimum atomic E-state index is -0.702. The second-order valence-electron chi connectivity index (χ2n) is 6.19. The number of carbonyl (C=O) groups excluding carboxylic acids is 1. The summed E-state index contributed by atoms with van der Waals surface area (Å²) in [5, 5.41) is 7.28. The van der Waals surface area contributed by atoms with Crippen molar-refractivity contribution in [2.75, 3.05) is 5.32 Å². The first-order valence-corrected chi connectivity index (χ1v) is 8.65. The van der Waals surface area contributed by atoms with Crippen molar-refractivity contribution in [3.63, 3.8) is 0 Å². The molecule has 0 aliphatic heterocycles. The van der Waals surface area contributed by atoms with Gasteiger partial charge in [-0.2, -0.15) is 0 Å². The maximum absolute atomic E-state index is 12.7. The smallest absolute Gasteiger partial charge is 0.349 e. The molecular weight excluding hydrogens is 356 g/mol. The van der Waals surface area contributed by atoms with E-state index in [0.29, 0.717) is 28.1 Å². The van der Waals surface area contributed by atoms with Gasteiger partial charge in [-0.15, -0.1) is 0 Å². The molecule has 2 aromatic carbocycles. The van der Waals surface area contributed by atoms with Gasteiger partial charge in [-0.25, -0.2) is 4.79 Å². The number of carbonyl (C=O) groups is 1. The van der Waals surface area contributed by atoms with Crippen molar-refractivity contribution < 1.29 is 13.7 Å². The lowest BCUT2D eigenvalue weighted by molar-refractivity contribution is 0.102. The molecule has 2 heterocycles. The molecular formula is C22H16N2O4. The Labute approximate surface area is 160 Å². The molecule has 0 bridgehead atoms. The van der Waals surface area contributed by atoms with E-state index in [1.165, 1.54) is 6.07 Å². The number of aryl methyl sites for hydroxylation is 1. The highest BCUT2D eigenvalue weighted by Crippen LogP contribution is 2.23. The molecule has 1 N–H and O–H groups in total. The van der Waals surface area contributed by atoms with E-state index in [1.54, 1.807) is 37.3 Å². The van der Waals surface area contributed by atoms with Crippen LogP contribution in [0.4, 0.5) is 5.69 Å². The summed E-state index contributed by atoms with van der Waals surface area (Å²) in [5.41, 5.74) is 1.53. The second-order valence-corrected chi connectivity index (χ2v) is 6.19. The first-order chi connectivity index (χ1) is 13.6. The van der Waals surface area contributed by atoms with Gasteiger partial charge in [0.05, 0.1) is 0 Å². The molecule has 0 saturated heterocycles. The number of nitrogens with one attached hydrogen (secondary N) is 1. The quantitative estimate of drug-likeness (QED) is 0.533. The van der Waals surface area contributed by atoms with E-state index in [1.807, 2.05) is 36.4 Å². The fourth-order valence-electron chi connectivity index (χ4n) is 2.79. The molecule has 0 fully saturated rings. The Morgan fingerprint density at radius 1 is 1.04 bits per heavy atom. The van der Waals surface area contributed by atoms with Crippen molar-refractivity contribution in [2.24, 2.45) is 0 Å². The molecule has 0 unspecified atom stereocenters. The number of fused-ring (bicyclic) bond motifs is 1. The van der Waals surface area contributed by atoms with Crippen molar-refractivity contribution >= 4 is 34.7 Å². The standard InChI is InChI=1S/C22H16N2O4/c1-14-20(19(28-24-14)12-11-15-7-3-2-4-8-15)23-21(25)17-13-16-9-5-6-10-18(16)27-22(17)26/h2-13H,1H3,(H,23,25)/b12-11+. The van der Waals surface area contributed by atoms with Crippen LogP contribution in [0.15, 0.2) is 74.4 Å². The lowest BCUT2D eigenvalue weighted by Gasteiger charge is -2.04. The first-order valence-electron chi connectivity index (χ1n) is 8.65. The Hall–Kier alpha value is -3.93. The topological polar surface area (TPSA) is 85.3 Å². The molecule has 4 rings (SSSR count). The molecule has 4 aromatic rings. The van der Waals surface area contributed by atoms with Crippen molar-refractivity contribution in [1.29, 1.82) is 0 Å². The van der Waals surface area contributed by atoms with Gasteiger partial charge in [0.25, 0.3) is 5.91 Å². The summed E-state index contributed by atoms with van der Waals surface area (Å²) in [6.07, 6.45) is 3.56. The van der Waals surface area contributed by atoms with Gasteiger partial charge in [0.15, 0.2) is 5.76 Å². The second kappa shape index (κ2) is 7.36. The van der Waals surface area contributed by atoms with Crippen LogP contribution in [0.1, 0.15) is 27.4 Å². The van der Waals surface area contributed by atoms with E-state index >= 15 is 0 Å². The van der Waals surface area contributed by atoms with E-state index in [9.17, 15) is 9.59 Å². The zero-order valence-electron chi connectivity index (χ0n) is 15.0. The van der Waals surface area contributed by atoms with Crippen LogP contribution in [-0.2, 0) is 0 Å². The summed E-state index contributed by atoms with van der Waals surface area (Å²) >= 11 is 0. The van der Waals surface area contributed by atoms with Gasteiger partial charge in [0.2, 0.25) is 0 Å². The molecule has 1 amide bonds. The third-order valence-electron chi connectivity index (χ3n) is 4.24. The van der Waals surface area contributed by atoms with Crippen LogP contribution in [0.3, 0.4) is 0 Å². The fraction of sp³-hybridized carbons (Fsp3) is 0.0455. The summed E-state index contributed by atoms with van der Waals surface area (Å²) in [7, 11) is 0. The van der Waals surface area contributed by atoms with Crippen LogP contribution in [0.2, 0.25) is 0 Å². The molecule has 0 atom stereocenters. The Bertz CT molecular complexity index is 1240. The zero-order valence-corrected chi connectivity index (χ0v) is 15.0. The zero-order chi connectivity index (χ0) is 19.5. The third-order valence-corrected chi connectivity index (χ3v) is 4.24. The van der Waals surface area contributed by atoms with Crippen molar-refractivity contribution in [3.05, 3.63) is 93.7 Å². The Morgan fingerprint density at radius 2 is 1.79 bits per heavy atom. The molecule has 0 spiro atoms. The van der Waals surface area contributed by atoms with Gasteiger partial charge >= 0.3 is 5.63 Å². The van der Waals surface area contributed by atoms with Gasteiger partial charge < -0.3 is 14.3 Å². The molecule has 2 aromatic heterocycles. The van der Waals surface area contributed by atoms with E-state index in [2.05, 4.69) is 10.5 Å². The molecule has 0 radical (unpaired) electrons. The summed E-state index contributed by atoms with van der Waals surface area (Å²) in [6.45, 7) is 1.71. The van der Waals surface area contributed by atoms with Gasteiger partial charge in [-0.1, -0.05) is 59.8 Å². The van der Waals surface area contributed by atoms with Crippen LogP contribution >= 0.6 is 0 Å². The van der Waals surface area contributed by atoms with Crippen molar-refractivity contribution in [2.45, 2.75) is 6.92 Å². The molecule has 0 aliphatic rings. The van der Waals surface area contributed by atoms with Crippen LogP contribution in [-0.4, -0.2) is 11.1 Å². The SMILES string of the molecule is Cc1noc(/C=C/c2ccccc2)c1NC(=O)c1cc2ccccc2oc1=O. The minimum absolute atomic E-state index is 0.0858. The maximum atomic E-state index is 12.7. The number of aromatic nitrogens is 1. The molecule has 0 saturated carbocycles. The number of nitrogens with zero attached hydrogens (tertiary/aromatic N) is 1. The van der Waals surface area contributed by atoms with Gasteiger partial charge in [0.1, 0.15) is 22.5 Å². The highest BCUT2D eigenvalue weighted by molar-refractivity contribution is 6.06. The van der Waals surface area contributed by atoms with E-state index < -0.39 is 11.5 Å².